The summed E-state index contributed by atoms with van der Waals surface area (Å²) in [6, 6.07) is 13.8. The summed E-state index contributed by atoms with van der Waals surface area (Å²) in [5.41, 5.74) is 4.03. The molecule has 2 aromatic carbocycles. The number of benzene rings is 2. The Hall–Kier alpha value is -1.80. The van der Waals surface area contributed by atoms with Gasteiger partial charge in [-0.1, -0.05) is 42.0 Å². The van der Waals surface area contributed by atoms with E-state index in [0.29, 0.717) is 0 Å². The van der Waals surface area contributed by atoms with Crippen molar-refractivity contribution >= 4 is 0 Å². The van der Waals surface area contributed by atoms with E-state index in [9.17, 15) is 5.11 Å². The van der Waals surface area contributed by atoms with Crippen LogP contribution in [0.1, 0.15) is 42.2 Å². The number of aliphatic hydroxyl groups excluding tert-OH is 1. The Bertz CT molecular complexity index is 588. The van der Waals surface area contributed by atoms with Crippen molar-refractivity contribution in [3.63, 3.8) is 0 Å². The molecule has 2 aromatic rings. The van der Waals surface area contributed by atoms with Crippen LogP contribution in [0, 0.1) is 13.8 Å². The van der Waals surface area contributed by atoms with E-state index >= 15 is 0 Å². The Morgan fingerprint density at radius 3 is 2.30 bits per heavy atom. The van der Waals surface area contributed by atoms with Crippen molar-refractivity contribution in [2.75, 3.05) is 0 Å². The third-order valence-corrected chi connectivity index (χ3v) is 3.30. The highest BCUT2D eigenvalue weighted by molar-refractivity contribution is 5.43. The molecule has 0 aliphatic carbocycles. The molecule has 0 spiro atoms. The highest BCUT2D eigenvalue weighted by atomic mass is 16.5. The fourth-order valence-corrected chi connectivity index (χ4v) is 2.37. The van der Waals surface area contributed by atoms with Crippen LogP contribution in [0.15, 0.2) is 42.5 Å². The van der Waals surface area contributed by atoms with Gasteiger partial charge in [-0.15, -0.1) is 0 Å². The zero-order chi connectivity index (χ0) is 14.7. The van der Waals surface area contributed by atoms with Gasteiger partial charge in [0, 0.05) is 5.56 Å². The smallest absolute Gasteiger partial charge is 0.125 e. The predicted molar refractivity (Wildman–Crippen MR) is 82.2 cm³/mol. The van der Waals surface area contributed by atoms with Crippen molar-refractivity contribution in [1.29, 1.82) is 0 Å². The van der Waals surface area contributed by atoms with Gasteiger partial charge in [0.15, 0.2) is 0 Å². The summed E-state index contributed by atoms with van der Waals surface area (Å²) < 4.78 is 5.79. The minimum Gasteiger partial charge on any atom is -0.491 e. The molecule has 0 saturated carbocycles. The highest BCUT2D eigenvalue weighted by Gasteiger charge is 2.17. The van der Waals surface area contributed by atoms with Crippen molar-refractivity contribution in [2.24, 2.45) is 0 Å². The molecule has 0 fully saturated rings. The van der Waals surface area contributed by atoms with Crippen LogP contribution in [0.4, 0.5) is 0 Å². The second kappa shape index (κ2) is 6.10. The third-order valence-electron chi connectivity index (χ3n) is 3.30. The lowest BCUT2D eigenvalue weighted by molar-refractivity contribution is 0.197. The molecule has 106 valence electrons. The van der Waals surface area contributed by atoms with E-state index in [1.165, 1.54) is 5.56 Å². The minimum absolute atomic E-state index is 0.0856. The van der Waals surface area contributed by atoms with Crippen LogP contribution in [0.5, 0.6) is 5.75 Å². The Morgan fingerprint density at radius 2 is 1.65 bits per heavy atom. The summed E-state index contributed by atoms with van der Waals surface area (Å²) in [5, 5.41) is 10.7. The van der Waals surface area contributed by atoms with Gasteiger partial charge in [0.1, 0.15) is 11.9 Å². The van der Waals surface area contributed by atoms with Crippen LogP contribution in [0.2, 0.25) is 0 Å². The molecule has 0 aliphatic rings. The maximum absolute atomic E-state index is 10.7. The first kappa shape index (κ1) is 14.6. The second-order valence-electron chi connectivity index (χ2n) is 5.47. The van der Waals surface area contributed by atoms with Crippen LogP contribution < -0.4 is 4.74 Å². The molecule has 1 unspecified atom stereocenters. The first-order chi connectivity index (χ1) is 9.49. The molecule has 0 bridgehead atoms. The van der Waals surface area contributed by atoms with Gasteiger partial charge < -0.3 is 9.84 Å². The van der Waals surface area contributed by atoms with Gasteiger partial charge in [0.2, 0.25) is 0 Å². The van der Waals surface area contributed by atoms with Crippen LogP contribution in [-0.4, -0.2) is 11.2 Å². The number of para-hydroxylation sites is 1. The molecule has 1 N–H and O–H groups in total. The monoisotopic (exact) mass is 270 g/mol. The second-order valence-corrected chi connectivity index (χ2v) is 5.47. The molecule has 0 amide bonds. The molecule has 20 heavy (non-hydrogen) atoms. The van der Waals surface area contributed by atoms with E-state index in [-0.39, 0.29) is 6.10 Å². The molecule has 2 nitrogen and oxygen atoms in total. The fraction of sp³-hybridized carbons (Fsp3) is 0.333. The number of ether oxygens (including phenoxy) is 1. The molecule has 2 rings (SSSR count). The summed E-state index contributed by atoms with van der Waals surface area (Å²) in [5.74, 6) is 0.745. The molecule has 1 atom stereocenters. The maximum Gasteiger partial charge on any atom is 0.125 e. The molecular weight excluding hydrogens is 248 g/mol. The highest BCUT2D eigenvalue weighted by Crippen LogP contribution is 2.32. The van der Waals surface area contributed by atoms with Crippen LogP contribution in [0.25, 0.3) is 0 Å². The summed E-state index contributed by atoms with van der Waals surface area (Å²) in [6.45, 7) is 8.05. The molecule has 0 aliphatic heterocycles. The summed E-state index contributed by atoms with van der Waals surface area (Å²) >= 11 is 0. The quantitative estimate of drug-likeness (QED) is 0.903. The molecule has 2 heteroatoms. The minimum atomic E-state index is -0.662. The predicted octanol–water partition coefficient (Wildman–Crippen LogP) is 4.17. The van der Waals surface area contributed by atoms with Crippen molar-refractivity contribution in [3.05, 3.63) is 64.7 Å². The number of rotatable bonds is 4. The van der Waals surface area contributed by atoms with Gasteiger partial charge in [-0.05, 0) is 44.9 Å². The zero-order valence-electron chi connectivity index (χ0n) is 12.6. The van der Waals surface area contributed by atoms with Crippen LogP contribution >= 0.6 is 0 Å². The van der Waals surface area contributed by atoms with Gasteiger partial charge in [-0.2, -0.15) is 0 Å². The van der Waals surface area contributed by atoms with E-state index in [2.05, 4.69) is 13.0 Å². The van der Waals surface area contributed by atoms with Crippen molar-refractivity contribution in [3.8, 4) is 5.75 Å². The Labute approximate surface area is 121 Å². The first-order valence-electron chi connectivity index (χ1n) is 7.00. The van der Waals surface area contributed by atoms with E-state index in [1.54, 1.807) is 0 Å². The lowest BCUT2D eigenvalue weighted by Gasteiger charge is -2.19. The zero-order valence-corrected chi connectivity index (χ0v) is 12.6. The van der Waals surface area contributed by atoms with Gasteiger partial charge in [0.05, 0.1) is 6.10 Å². The lowest BCUT2D eigenvalue weighted by Crippen LogP contribution is -2.10. The van der Waals surface area contributed by atoms with E-state index in [1.807, 2.05) is 57.2 Å². The third kappa shape index (κ3) is 3.20. The van der Waals surface area contributed by atoms with Crippen molar-refractivity contribution < 1.29 is 9.84 Å². The number of aliphatic hydroxyl groups is 1. The van der Waals surface area contributed by atoms with E-state index in [4.69, 9.17) is 4.74 Å². The maximum atomic E-state index is 10.7. The van der Waals surface area contributed by atoms with Crippen LogP contribution in [-0.2, 0) is 0 Å². The summed E-state index contributed by atoms with van der Waals surface area (Å²) in [6.07, 6.45) is -0.576. The van der Waals surface area contributed by atoms with E-state index in [0.717, 1.165) is 22.4 Å². The summed E-state index contributed by atoms with van der Waals surface area (Å²) in [4.78, 5) is 0. The normalized spacial score (nSPS) is 12.5. The van der Waals surface area contributed by atoms with Crippen LogP contribution in [0.3, 0.4) is 0 Å². The molecule has 0 heterocycles. The molecular formula is C18H22O2. The van der Waals surface area contributed by atoms with Crippen molar-refractivity contribution in [1.82, 2.24) is 0 Å². The Morgan fingerprint density at radius 1 is 0.950 bits per heavy atom. The van der Waals surface area contributed by atoms with E-state index < -0.39 is 6.10 Å². The topological polar surface area (TPSA) is 29.5 Å². The van der Waals surface area contributed by atoms with Crippen molar-refractivity contribution in [2.45, 2.75) is 39.9 Å². The molecule has 0 saturated heterocycles. The number of hydrogen-bond donors (Lipinski definition) is 1. The Kier molecular flexibility index (Phi) is 4.46. The average molecular weight is 270 g/mol. The molecule has 0 aromatic heterocycles. The SMILES string of the molecule is Cc1ccc(C(O)c2ccccc2OC(C)C)c(C)c1. The first-order valence-corrected chi connectivity index (χ1v) is 7.00. The van der Waals surface area contributed by atoms with Gasteiger partial charge >= 0.3 is 0 Å². The largest absolute Gasteiger partial charge is 0.491 e. The fourth-order valence-electron chi connectivity index (χ4n) is 2.37. The number of hydrogen-bond acceptors (Lipinski definition) is 2. The summed E-state index contributed by atoms with van der Waals surface area (Å²) in [7, 11) is 0. The average Bonchev–Trinajstić information content (AvgIpc) is 2.38. The number of aryl methyl sites for hydroxylation is 2. The van der Waals surface area contributed by atoms with Gasteiger partial charge in [-0.3, -0.25) is 0 Å². The standard InChI is InChI=1S/C18H22O2/c1-12(2)20-17-8-6-5-7-16(17)18(19)15-10-9-13(3)11-14(15)4/h5-12,18-19H,1-4H3. The Balaban J connectivity index is 2.40. The molecule has 0 radical (unpaired) electrons. The van der Waals surface area contributed by atoms with Gasteiger partial charge in [0.25, 0.3) is 0 Å². The lowest BCUT2D eigenvalue weighted by atomic mass is 9.95. The van der Waals surface area contributed by atoms with Gasteiger partial charge in [-0.25, -0.2) is 0 Å².